The van der Waals surface area contributed by atoms with Crippen LogP contribution < -0.4 is 4.72 Å². The molecule has 0 amide bonds. The minimum atomic E-state index is -3.74. The van der Waals surface area contributed by atoms with Crippen LogP contribution in [0.3, 0.4) is 0 Å². The fourth-order valence-electron chi connectivity index (χ4n) is 3.47. The van der Waals surface area contributed by atoms with Crippen molar-refractivity contribution in [2.45, 2.75) is 42.6 Å². The zero-order valence-corrected chi connectivity index (χ0v) is 22.3. The molecule has 0 saturated carbocycles. The van der Waals surface area contributed by atoms with Crippen LogP contribution in [0.25, 0.3) is 5.69 Å². The average Bonchev–Trinajstić information content (AvgIpc) is 3.23. The van der Waals surface area contributed by atoms with E-state index in [1.165, 1.54) is 11.1 Å². The van der Waals surface area contributed by atoms with Gasteiger partial charge < -0.3 is 0 Å². The lowest BCUT2D eigenvalue weighted by Crippen LogP contribution is -2.28. The summed E-state index contributed by atoms with van der Waals surface area (Å²) >= 11 is 4.91. The number of halogens is 1. The van der Waals surface area contributed by atoms with Crippen molar-refractivity contribution in [1.29, 1.82) is 0 Å². The number of hydrogen-bond acceptors (Lipinski definition) is 5. The second kappa shape index (κ2) is 10.4. The number of thioether (sulfide) groups is 1. The molecule has 1 aromatic heterocycles. The van der Waals surface area contributed by atoms with Gasteiger partial charge >= 0.3 is 0 Å². The monoisotopic (exact) mass is 556 g/mol. The number of nitrogens with zero attached hydrogens (tertiary/aromatic N) is 3. The maximum absolute atomic E-state index is 13.0. The van der Waals surface area contributed by atoms with Gasteiger partial charge in [0, 0.05) is 15.9 Å². The van der Waals surface area contributed by atoms with E-state index in [4.69, 9.17) is 0 Å². The number of hydrogen-bond donors (Lipinski definition) is 1. The Kier molecular flexibility index (Phi) is 7.57. The van der Waals surface area contributed by atoms with Crippen LogP contribution in [0.5, 0.6) is 0 Å². The van der Waals surface area contributed by atoms with Crippen LogP contribution in [-0.4, -0.2) is 23.2 Å². The predicted octanol–water partition coefficient (Wildman–Crippen LogP) is 5.98. The summed E-state index contributed by atoms with van der Waals surface area (Å²) in [5.74, 6) is 1.26. The van der Waals surface area contributed by atoms with E-state index in [9.17, 15) is 8.42 Å². The molecule has 0 fully saturated rings. The summed E-state index contributed by atoms with van der Waals surface area (Å²) in [6, 6.07) is 22.2. The lowest BCUT2D eigenvalue weighted by molar-refractivity contribution is 0.556. The van der Waals surface area contributed by atoms with Crippen LogP contribution in [-0.2, 0) is 15.8 Å². The predicted molar refractivity (Wildman–Crippen MR) is 140 cm³/mol. The van der Waals surface area contributed by atoms with Gasteiger partial charge in [-0.05, 0) is 68.3 Å². The number of benzene rings is 3. The highest BCUT2D eigenvalue weighted by Crippen LogP contribution is 2.29. The molecule has 176 valence electrons. The van der Waals surface area contributed by atoms with Gasteiger partial charge in [0.25, 0.3) is 0 Å². The lowest BCUT2D eigenvalue weighted by Gasteiger charge is -2.17. The van der Waals surface area contributed by atoms with Crippen LogP contribution in [0.15, 0.2) is 87.3 Å². The summed E-state index contributed by atoms with van der Waals surface area (Å²) in [4.78, 5) is 0.193. The highest BCUT2D eigenvalue weighted by molar-refractivity contribution is 9.10. The molecule has 6 nitrogen and oxygen atoms in total. The molecule has 0 saturated heterocycles. The van der Waals surface area contributed by atoms with Crippen LogP contribution >= 0.6 is 27.7 Å². The molecule has 1 unspecified atom stereocenters. The van der Waals surface area contributed by atoms with E-state index in [1.807, 2.05) is 47.9 Å². The molecule has 34 heavy (non-hydrogen) atoms. The Morgan fingerprint density at radius 2 is 1.65 bits per heavy atom. The normalized spacial score (nSPS) is 12.6. The van der Waals surface area contributed by atoms with Crippen LogP contribution in [0.2, 0.25) is 0 Å². The lowest BCUT2D eigenvalue weighted by atomic mass is 10.1. The molecule has 3 aromatic carbocycles. The van der Waals surface area contributed by atoms with Crippen molar-refractivity contribution in [3.63, 3.8) is 0 Å². The number of sulfonamides is 1. The molecule has 1 heterocycles. The van der Waals surface area contributed by atoms with Gasteiger partial charge in [-0.15, -0.1) is 10.2 Å². The van der Waals surface area contributed by atoms with Crippen molar-refractivity contribution in [1.82, 2.24) is 19.5 Å². The summed E-state index contributed by atoms with van der Waals surface area (Å²) in [5, 5.41) is 9.53. The maximum Gasteiger partial charge on any atom is 0.241 e. The first kappa shape index (κ1) is 24.7. The molecule has 0 bridgehead atoms. The van der Waals surface area contributed by atoms with Crippen LogP contribution in [0.1, 0.15) is 35.5 Å². The van der Waals surface area contributed by atoms with Crippen molar-refractivity contribution in [2.24, 2.45) is 0 Å². The molecule has 0 aliphatic heterocycles. The van der Waals surface area contributed by atoms with Gasteiger partial charge in [0.15, 0.2) is 11.0 Å². The molecule has 4 aromatic rings. The van der Waals surface area contributed by atoms with Crippen molar-refractivity contribution >= 4 is 37.7 Å². The topological polar surface area (TPSA) is 76.9 Å². The van der Waals surface area contributed by atoms with Gasteiger partial charge in [-0.2, -0.15) is 0 Å². The van der Waals surface area contributed by atoms with E-state index in [0.717, 1.165) is 21.5 Å². The zero-order chi connectivity index (χ0) is 24.3. The summed E-state index contributed by atoms with van der Waals surface area (Å²) in [6.45, 7) is 5.89. The van der Waals surface area contributed by atoms with Crippen molar-refractivity contribution in [3.8, 4) is 5.69 Å². The number of rotatable bonds is 8. The second-order valence-electron chi connectivity index (χ2n) is 8.02. The fourth-order valence-corrected chi connectivity index (χ4v) is 5.97. The first-order valence-corrected chi connectivity index (χ1v) is 14.0. The number of aromatic nitrogens is 3. The van der Waals surface area contributed by atoms with Crippen molar-refractivity contribution in [2.75, 3.05) is 0 Å². The Morgan fingerprint density at radius 1 is 0.971 bits per heavy atom. The summed E-state index contributed by atoms with van der Waals surface area (Å²) in [7, 11) is -3.74. The minimum absolute atomic E-state index is 0.193. The molecule has 9 heteroatoms. The average molecular weight is 558 g/mol. The largest absolute Gasteiger partial charge is 0.273 e. The highest BCUT2D eigenvalue weighted by atomic mass is 79.9. The Balaban J connectivity index is 1.66. The van der Waals surface area contributed by atoms with Gasteiger partial charge in [-0.3, -0.25) is 4.57 Å². The molecule has 1 atom stereocenters. The Hall–Kier alpha value is -2.46. The third-order valence-corrected chi connectivity index (χ3v) is 8.47. The maximum atomic E-state index is 13.0. The third-order valence-electron chi connectivity index (χ3n) is 5.41. The van der Waals surface area contributed by atoms with E-state index >= 15 is 0 Å². The molecule has 1 N–H and O–H groups in total. The highest BCUT2D eigenvalue weighted by Gasteiger charge is 2.25. The fraction of sp³-hybridized carbons (Fsp3) is 0.200. The summed E-state index contributed by atoms with van der Waals surface area (Å²) in [6.07, 6.45) is 0. The quantitative estimate of drug-likeness (QED) is 0.270. The Bertz CT molecular complexity index is 1390. The number of nitrogens with one attached hydrogen (secondary N) is 1. The minimum Gasteiger partial charge on any atom is -0.273 e. The first-order chi connectivity index (χ1) is 16.2. The molecule has 0 aliphatic carbocycles. The van der Waals surface area contributed by atoms with Gasteiger partial charge in [-0.25, -0.2) is 13.1 Å². The van der Waals surface area contributed by atoms with Gasteiger partial charge in [0.1, 0.15) is 0 Å². The Morgan fingerprint density at radius 3 is 2.32 bits per heavy atom. The van der Waals surface area contributed by atoms with Gasteiger partial charge in [-0.1, -0.05) is 69.7 Å². The van der Waals surface area contributed by atoms with Crippen LogP contribution in [0, 0.1) is 13.8 Å². The molecular weight excluding hydrogens is 532 g/mol. The molecule has 0 aliphatic rings. The first-order valence-electron chi connectivity index (χ1n) is 10.7. The third kappa shape index (κ3) is 5.60. The summed E-state index contributed by atoms with van der Waals surface area (Å²) < 4.78 is 31.5. The van der Waals surface area contributed by atoms with Crippen LogP contribution in [0.4, 0.5) is 0 Å². The zero-order valence-electron chi connectivity index (χ0n) is 19.1. The van der Waals surface area contributed by atoms with E-state index in [0.29, 0.717) is 11.0 Å². The van der Waals surface area contributed by atoms with E-state index < -0.39 is 16.1 Å². The summed E-state index contributed by atoms with van der Waals surface area (Å²) in [5.41, 5.74) is 4.45. The molecule has 0 spiro atoms. The van der Waals surface area contributed by atoms with Crippen molar-refractivity contribution in [3.05, 3.63) is 99.8 Å². The van der Waals surface area contributed by atoms with E-state index in [2.05, 4.69) is 49.9 Å². The molecule has 0 radical (unpaired) electrons. The number of aryl methyl sites for hydroxylation is 2. The van der Waals surface area contributed by atoms with Gasteiger partial charge in [0.2, 0.25) is 10.0 Å². The standard InChI is InChI=1S/C25H25BrN4O2S2/c1-17-8-12-22(13-9-17)30-24(19(3)29-34(31,32)23-14-10-21(26)11-15-23)27-28-25(30)33-16-20-7-5-4-6-18(20)2/h4-15,19,29H,16H2,1-3H3. The second-order valence-corrected chi connectivity index (χ2v) is 11.6. The molecule has 4 rings (SSSR count). The van der Waals surface area contributed by atoms with Crippen molar-refractivity contribution < 1.29 is 8.42 Å². The molecular formula is C25H25BrN4O2S2. The van der Waals surface area contributed by atoms with Gasteiger partial charge in [0.05, 0.1) is 10.9 Å². The Labute approximate surface area is 213 Å². The SMILES string of the molecule is Cc1ccc(-n2c(SCc3ccccc3C)nnc2C(C)NS(=O)(=O)c2ccc(Br)cc2)cc1. The van der Waals surface area contributed by atoms with E-state index in [1.54, 1.807) is 43.0 Å². The smallest absolute Gasteiger partial charge is 0.241 e. The van der Waals surface area contributed by atoms with E-state index in [-0.39, 0.29) is 4.90 Å².